The van der Waals surface area contributed by atoms with E-state index in [-0.39, 0.29) is 23.8 Å². The lowest BCUT2D eigenvalue weighted by Gasteiger charge is -2.31. The number of benzene rings is 1. The Morgan fingerprint density at radius 2 is 1.64 bits per heavy atom. The molecule has 0 bridgehead atoms. The summed E-state index contributed by atoms with van der Waals surface area (Å²) in [5, 5.41) is 10.9. The molecule has 1 aliphatic heterocycles. The second-order valence-electron chi connectivity index (χ2n) is 11.8. The first-order valence-electron chi connectivity index (χ1n) is 15.3. The summed E-state index contributed by atoms with van der Waals surface area (Å²) in [5.41, 5.74) is 7.51. The largest absolute Gasteiger partial charge is 0.573 e. The number of nitrogens with two attached hydrogens (primary N) is 1. The first-order valence-corrected chi connectivity index (χ1v) is 15.3. The van der Waals surface area contributed by atoms with Gasteiger partial charge >= 0.3 is 12.5 Å². The Bertz CT molecular complexity index is 1430. The van der Waals surface area contributed by atoms with Crippen molar-refractivity contribution in [1.82, 2.24) is 24.6 Å². The average molecular weight is 618 g/mol. The number of nitrogens with one attached hydrogen (secondary N) is 3. The Morgan fingerprint density at radius 1 is 0.932 bits per heavy atom. The monoisotopic (exact) mass is 617 g/mol. The Morgan fingerprint density at radius 3 is 2.36 bits per heavy atom. The molecule has 0 atom stereocenters. The number of halogens is 3. The van der Waals surface area contributed by atoms with Gasteiger partial charge in [-0.1, -0.05) is 25.0 Å². The highest BCUT2D eigenvalue weighted by Crippen LogP contribution is 2.34. The standard InChI is InChI=1S/C29H38F3N9O3/c30-29(31,32)43-23-8-4-3-7-22(23)37-28(42)44-40-15-13-20(14-16-40)35-25-24-26(41(17-34-24)21-5-1-2-6-21)39-27(38-25)36-19-11-9-18(33)10-12-19/h3-4,7-8,17-21H,1-2,5-6,9-16,33H2,(H,37,42)(H2,35,36,38,39)/t18-,19-. The van der Waals surface area contributed by atoms with E-state index in [9.17, 15) is 18.0 Å². The molecular formula is C29H38F3N9O3. The fraction of sp³-hybridized carbons (Fsp3) is 0.586. The Balaban J connectivity index is 1.09. The second kappa shape index (κ2) is 13.0. The molecule has 15 heteroatoms. The zero-order chi connectivity index (χ0) is 30.7. The van der Waals surface area contributed by atoms with Crippen molar-refractivity contribution in [1.29, 1.82) is 0 Å². The summed E-state index contributed by atoms with van der Waals surface area (Å²) in [5.74, 6) is 0.722. The molecule has 1 saturated heterocycles. The van der Waals surface area contributed by atoms with E-state index >= 15 is 0 Å². The van der Waals surface area contributed by atoms with Gasteiger partial charge < -0.3 is 30.5 Å². The number of rotatable bonds is 8. The SMILES string of the molecule is N[C@H]1CC[C@H](Nc2nc(NC3CCN(OC(=O)Nc4ccccc4OC(F)(F)F)CC3)c3ncn(C4CCCC4)c3n2)CC1. The maximum absolute atomic E-state index is 12.7. The molecule has 2 saturated carbocycles. The first-order chi connectivity index (χ1) is 21.2. The summed E-state index contributed by atoms with van der Waals surface area (Å²) in [6, 6.07) is 6.22. The third kappa shape index (κ3) is 7.44. The van der Waals surface area contributed by atoms with Crippen LogP contribution in [0, 0.1) is 0 Å². The number of carbonyl (C=O) groups excluding carboxylic acids is 1. The number of hydroxylamine groups is 2. The number of piperidine rings is 1. The number of fused-ring (bicyclic) bond motifs is 1. The molecule has 0 radical (unpaired) electrons. The van der Waals surface area contributed by atoms with Crippen LogP contribution >= 0.6 is 0 Å². The number of para-hydroxylation sites is 2. The lowest BCUT2D eigenvalue weighted by Crippen LogP contribution is -2.41. The molecule has 44 heavy (non-hydrogen) atoms. The van der Waals surface area contributed by atoms with Crippen LogP contribution < -0.4 is 26.4 Å². The van der Waals surface area contributed by atoms with Crippen LogP contribution in [0.2, 0.25) is 0 Å². The molecule has 12 nitrogen and oxygen atoms in total. The summed E-state index contributed by atoms with van der Waals surface area (Å²) in [6.45, 7) is 0.841. The summed E-state index contributed by atoms with van der Waals surface area (Å²) < 4.78 is 44.3. The number of ether oxygens (including phenoxy) is 1. The Hall–Kier alpha value is -3.85. The van der Waals surface area contributed by atoms with E-state index in [1.165, 1.54) is 36.1 Å². The molecule has 3 fully saturated rings. The van der Waals surface area contributed by atoms with Gasteiger partial charge in [-0.15, -0.1) is 18.2 Å². The third-order valence-electron chi connectivity index (χ3n) is 8.60. The average Bonchev–Trinajstić information content (AvgIpc) is 3.66. The van der Waals surface area contributed by atoms with Crippen molar-refractivity contribution in [2.24, 2.45) is 5.73 Å². The molecule has 6 rings (SSSR count). The smallest absolute Gasteiger partial charge is 0.404 e. The van der Waals surface area contributed by atoms with Crippen LogP contribution in [0.15, 0.2) is 30.6 Å². The summed E-state index contributed by atoms with van der Waals surface area (Å²) >= 11 is 0. The number of amides is 1. The number of nitrogens with zero attached hydrogens (tertiary/aromatic N) is 5. The zero-order valence-corrected chi connectivity index (χ0v) is 24.4. The van der Waals surface area contributed by atoms with Crippen LogP contribution in [0.1, 0.15) is 70.3 Å². The number of alkyl halides is 3. The third-order valence-corrected chi connectivity index (χ3v) is 8.60. The number of carbonyl (C=O) groups is 1. The lowest BCUT2D eigenvalue weighted by molar-refractivity contribution is -0.274. The fourth-order valence-corrected chi connectivity index (χ4v) is 6.30. The molecule has 2 aromatic heterocycles. The van der Waals surface area contributed by atoms with Crippen molar-refractivity contribution >= 4 is 34.7 Å². The highest BCUT2D eigenvalue weighted by Gasteiger charge is 2.33. The minimum absolute atomic E-state index is 0.0362. The number of hydrogen-bond donors (Lipinski definition) is 4. The predicted molar refractivity (Wildman–Crippen MR) is 158 cm³/mol. The van der Waals surface area contributed by atoms with E-state index in [0.717, 1.165) is 55.8 Å². The van der Waals surface area contributed by atoms with E-state index in [4.69, 9.17) is 25.5 Å². The van der Waals surface area contributed by atoms with Gasteiger partial charge in [0.25, 0.3) is 0 Å². The van der Waals surface area contributed by atoms with Crippen molar-refractivity contribution in [3.05, 3.63) is 30.6 Å². The van der Waals surface area contributed by atoms with Crippen molar-refractivity contribution in [3.8, 4) is 5.75 Å². The topological polar surface area (TPSA) is 144 Å². The maximum Gasteiger partial charge on any atom is 0.573 e. The first kappa shape index (κ1) is 30.2. The molecule has 1 aromatic carbocycles. The van der Waals surface area contributed by atoms with Crippen LogP contribution in [-0.4, -0.2) is 68.3 Å². The van der Waals surface area contributed by atoms with Crippen LogP contribution in [0.3, 0.4) is 0 Å². The van der Waals surface area contributed by atoms with Crippen LogP contribution in [0.25, 0.3) is 11.2 Å². The van der Waals surface area contributed by atoms with Gasteiger partial charge in [0, 0.05) is 37.3 Å². The van der Waals surface area contributed by atoms with E-state index in [1.807, 2.05) is 6.33 Å². The summed E-state index contributed by atoms with van der Waals surface area (Å²) in [7, 11) is 0. The summed E-state index contributed by atoms with van der Waals surface area (Å²) in [4.78, 5) is 32.3. The van der Waals surface area contributed by atoms with Crippen molar-refractivity contribution < 1.29 is 27.5 Å². The number of aromatic nitrogens is 4. The van der Waals surface area contributed by atoms with Gasteiger partial charge in [0.1, 0.15) is 0 Å². The number of imidazole rings is 1. The molecule has 1 amide bonds. The molecule has 2 aliphatic carbocycles. The second-order valence-corrected chi connectivity index (χ2v) is 11.8. The lowest BCUT2D eigenvalue weighted by atomic mass is 9.92. The summed E-state index contributed by atoms with van der Waals surface area (Å²) in [6.07, 6.45) is 5.85. The van der Waals surface area contributed by atoms with Crippen molar-refractivity contribution in [3.63, 3.8) is 0 Å². The van der Waals surface area contributed by atoms with Crippen molar-refractivity contribution in [2.45, 2.75) is 94.7 Å². The van der Waals surface area contributed by atoms with Gasteiger partial charge in [-0.3, -0.25) is 5.32 Å². The van der Waals surface area contributed by atoms with Crippen LogP contribution in [-0.2, 0) is 4.84 Å². The molecular weight excluding hydrogens is 579 g/mol. The van der Waals surface area contributed by atoms with Crippen LogP contribution in [0.4, 0.5) is 35.4 Å². The number of anilines is 3. The van der Waals surface area contributed by atoms with Crippen molar-refractivity contribution in [2.75, 3.05) is 29.0 Å². The minimum Gasteiger partial charge on any atom is -0.404 e. The normalized spacial score (nSPS) is 22.2. The molecule has 0 spiro atoms. The predicted octanol–water partition coefficient (Wildman–Crippen LogP) is 5.56. The van der Waals surface area contributed by atoms with Gasteiger partial charge in [-0.05, 0) is 63.5 Å². The fourth-order valence-electron chi connectivity index (χ4n) is 6.30. The molecule has 5 N–H and O–H groups in total. The highest BCUT2D eigenvalue weighted by molar-refractivity contribution is 5.86. The van der Waals surface area contributed by atoms with E-state index in [1.54, 1.807) is 0 Å². The Labute approximate surface area is 252 Å². The Kier molecular flexibility index (Phi) is 8.93. The molecule has 3 aliphatic rings. The van der Waals surface area contributed by atoms with E-state index < -0.39 is 18.2 Å². The van der Waals surface area contributed by atoms with E-state index in [0.29, 0.717) is 43.7 Å². The van der Waals surface area contributed by atoms with Gasteiger partial charge in [-0.25, -0.2) is 9.78 Å². The molecule has 0 unspecified atom stereocenters. The zero-order valence-electron chi connectivity index (χ0n) is 24.4. The molecule has 3 aromatic rings. The van der Waals surface area contributed by atoms with E-state index in [2.05, 4.69) is 25.3 Å². The molecule has 3 heterocycles. The number of hydrogen-bond acceptors (Lipinski definition) is 10. The quantitative estimate of drug-likeness (QED) is 0.254. The van der Waals surface area contributed by atoms with Gasteiger partial charge in [-0.2, -0.15) is 9.97 Å². The molecule has 238 valence electrons. The minimum atomic E-state index is -4.89. The van der Waals surface area contributed by atoms with Gasteiger partial charge in [0.15, 0.2) is 22.7 Å². The maximum atomic E-state index is 12.7. The van der Waals surface area contributed by atoms with Crippen LogP contribution in [0.5, 0.6) is 5.75 Å². The van der Waals surface area contributed by atoms with Gasteiger partial charge in [0.2, 0.25) is 5.95 Å². The van der Waals surface area contributed by atoms with Gasteiger partial charge in [0.05, 0.1) is 12.0 Å². The highest BCUT2D eigenvalue weighted by atomic mass is 19.4.